The molecule has 0 aliphatic carbocycles. The first kappa shape index (κ1) is 19.2. The number of rotatable bonds is 4. The molecule has 0 bridgehead atoms. The summed E-state index contributed by atoms with van der Waals surface area (Å²) in [4.78, 5) is 28.4. The number of piperazine rings is 1. The van der Waals surface area contributed by atoms with Crippen molar-refractivity contribution >= 4 is 23.4 Å². The Balaban J connectivity index is 1.50. The predicted molar refractivity (Wildman–Crippen MR) is 105 cm³/mol. The maximum absolute atomic E-state index is 12.5. The van der Waals surface area contributed by atoms with Crippen molar-refractivity contribution in [2.24, 2.45) is 0 Å². The van der Waals surface area contributed by atoms with Crippen molar-refractivity contribution < 1.29 is 14.3 Å². The predicted octanol–water partition coefficient (Wildman–Crippen LogP) is 3.32. The van der Waals surface area contributed by atoms with E-state index in [9.17, 15) is 9.59 Å². The standard InChI is InChI=1S/C21H23ClN2O3/c1-15-11-16(2)13-19(12-15)27-14-20(25)23-7-9-24(10-8-23)21(26)17-3-5-18(22)6-4-17/h3-6,11-13H,7-10,14H2,1-2H3. The molecule has 0 atom stereocenters. The monoisotopic (exact) mass is 386 g/mol. The Morgan fingerprint density at radius 1 is 0.926 bits per heavy atom. The third-order valence-electron chi connectivity index (χ3n) is 4.57. The Hall–Kier alpha value is -2.53. The summed E-state index contributed by atoms with van der Waals surface area (Å²) < 4.78 is 5.65. The van der Waals surface area contributed by atoms with Crippen LogP contribution in [0.15, 0.2) is 42.5 Å². The number of ether oxygens (including phenoxy) is 1. The van der Waals surface area contributed by atoms with Crippen molar-refractivity contribution in [3.05, 3.63) is 64.2 Å². The summed E-state index contributed by atoms with van der Waals surface area (Å²) in [6.45, 7) is 6.04. The van der Waals surface area contributed by atoms with Crippen LogP contribution in [-0.4, -0.2) is 54.4 Å². The molecule has 1 heterocycles. The molecule has 1 aliphatic rings. The molecule has 0 spiro atoms. The van der Waals surface area contributed by atoms with Crippen molar-refractivity contribution in [3.8, 4) is 5.75 Å². The number of nitrogens with zero attached hydrogens (tertiary/aromatic N) is 2. The molecule has 1 fully saturated rings. The zero-order chi connectivity index (χ0) is 19.4. The second-order valence-corrected chi connectivity index (χ2v) is 7.23. The fourth-order valence-corrected chi connectivity index (χ4v) is 3.31. The molecule has 0 radical (unpaired) electrons. The van der Waals surface area contributed by atoms with Crippen molar-refractivity contribution in [2.75, 3.05) is 32.8 Å². The first-order valence-corrected chi connectivity index (χ1v) is 9.34. The van der Waals surface area contributed by atoms with E-state index in [1.54, 1.807) is 34.1 Å². The Bertz CT molecular complexity index is 808. The highest BCUT2D eigenvalue weighted by Gasteiger charge is 2.25. The molecule has 0 aromatic heterocycles. The van der Waals surface area contributed by atoms with Crippen LogP contribution in [0.2, 0.25) is 5.02 Å². The molecule has 2 aromatic rings. The number of aryl methyl sites for hydroxylation is 2. The zero-order valence-electron chi connectivity index (χ0n) is 15.6. The zero-order valence-corrected chi connectivity index (χ0v) is 16.3. The molecule has 2 aromatic carbocycles. The van der Waals surface area contributed by atoms with E-state index in [0.29, 0.717) is 42.5 Å². The molecule has 2 amide bonds. The van der Waals surface area contributed by atoms with E-state index in [0.717, 1.165) is 11.1 Å². The SMILES string of the molecule is Cc1cc(C)cc(OCC(=O)N2CCN(C(=O)c3ccc(Cl)cc3)CC2)c1. The number of carbonyl (C=O) groups is 2. The number of amides is 2. The van der Waals surface area contributed by atoms with Crippen LogP contribution in [0.25, 0.3) is 0 Å². The lowest BCUT2D eigenvalue weighted by molar-refractivity contribution is -0.134. The van der Waals surface area contributed by atoms with Gasteiger partial charge in [0.15, 0.2) is 6.61 Å². The molecule has 3 rings (SSSR count). The van der Waals surface area contributed by atoms with E-state index in [1.807, 2.05) is 26.0 Å². The number of carbonyl (C=O) groups excluding carboxylic acids is 2. The molecule has 27 heavy (non-hydrogen) atoms. The van der Waals surface area contributed by atoms with Crippen molar-refractivity contribution in [1.29, 1.82) is 0 Å². The minimum absolute atomic E-state index is 0.00796. The largest absolute Gasteiger partial charge is 0.484 e. The van der Waals surface area contributed by atoms with Crippen LogP contribution >= 0.6 is 11.6 Å². The maximum atomic E-state index is 12.5. The molecule has 6 heteroatoms. The van der Waals surface area contributed by atoms with Gasteiger partial charge in [-0.15, -0.1) is 0 Å². The molecule has 0 N–H and O–H groups in total. The first-order valence-electron chi connectivity index (χ1n) is 8.96. The lowest BCUT2D eigenvalue weighted by Gasteiger charge is -2.34. The molecule has 142 valence electrons. The highest BCUT2D eigenvalue weighted by molar-refractivity contribution is 6.30. The molecule has 0 unspecified atom stereocenters. The van der Waals surface area contributed by atoms with E-state index in [-0.39, 0.29) is 18.4 Å². The van der Waals surface area contributed by atoms with Gasteiger partial charge >= 0.3 is 0 Å². The normalized spacial score (nSPS) is 14.2. The van der Waals surface area contributed by atoms with Crippen LogP contribution in [-0.2, 0) is 4.79 Å². The van der Waals surface area contributed by atoms with Gasteiger partial charge in [-0.1, -0.05) is 17.7 Å². The summed E-state index contributed by atoms with van der Waals surface area (Å²) in [5.41, 5.74) is 2.82. The highest BCUT2D eigenvalue weighted by atomic mass is 35.5. The molecule has 0 saturated carbocycles. The molecular weight excluding hydrogens is 364 g/mol. The third-order valence-corrected chi connectivity index (χ3v) is 4.82. The number of benzene rings is 2. The smallest absolute Gasteiger partial charge is 0.260 e. The van der Waals surface area contributed by atoms with Crippen LogP contribution in [0.4, 0.5) is 0 Å². The van der Waals surface area contributed by atoms with Crippen molar-refractivity contribution in [3.63, 3.8) is 0 Å². The second-order valence-electron chi connectivity index (χ2n) is 6.79. The third kappa shape index (κ3) is 5.01. The van der Waals surface area contributed by atoms with Gasteiger partial charge in [-0.05, 0) is 61.4 Å². The van der Waals surface area contributed by atoms with Gasteiger partial charge in [-0.25, -0.2) is 0 Å². The summed E-state index contributed by atoms with van der Waals surface area (Å²) in [7, 11) is 0. The topological polar surface area (TPSA) is 49.9 Å². The average Bonchev–Trinajstić information content (AvgIpc) is 2.65. The quantitative estimate of drug-likeness (QED) is 0.809. The fourth-order valence-electron chi connectivity index (χ4n) is 3.19. The van der Waals surface area contributed by atoms with Gasteiger partial charge in [0.1, 0.15) is 5.75 Å². The highest BCUT2D eigenvalue weighted by Crippen LogP contribution is 2.17. The summed E-state index contributed by atoms with van der Waals surface area (Å²) >= 11 is 5.87. The van der Waals surface area contributed by atoms with E-state index in [4.69, 9.17) is 16.3 Å². The minimum Gasteiger partial charge on any atom is -0.484 e. The summed E-state index contributed by atoms with van der Waals surface area (Å²) in [5, 5.41) is 0.603. The Morgan fingerprint density at radius 3 is 2.07 bits per heavy atom. The lowest BCUT2D eigenvalue weighted by Crippen LogP contribution is -2.51. The Kier molecular flexibility index (Phi) is 6.01. The van der Waals surface area contributed by atoms with Gasteiger partial charge in [-0.2, -0.15) is 0 Å². The van der Waals surface area contributed by atoms with Gasteiger partial charge in [0.25, 0.3) is 11.8 Å². The number of halogens is 1. The van der Waals surface area contributed by atoms with Gasteiger partial charge in [0.2, 0.25) is 0 Å². The minimum atomic E-state index is -0.0623. The average molecular weight is 387 g/mol. The Labute approximate surface area is 164 Å². The van der Waals surface area contributed by atoms with Crippen LogP contribution in [0.3, 0.4) is 0 Å². The first-order chi connectivity index (χ1) is 12.9. The molecule has 1 aliphatic heterocycles. The second kappa shape index (κ2) is 8.44. The van der Waals surface area contributed by atoms with Crippen molar-refractivity contribution in [1.82, 2.24) is 9.80 Å². The Morgan fingerprint density at radius 2 is 1.48 bits per heavy atom. The van der Waals surface area contributed by atoms with Gasteiger partial charge in [-0.3, -0.25) is 9.59 Å². The van der Waals surface area contributed by atoms with Crippen LogP contribution in [0.5, 0.6) is 5.75 Å². The molecular formula is C21H23ClN2O3. The van der Waals surface area contributed by atoms with Crippen LogP contribution < -0.4 is 4.74 Å². The van der Waals surface area contributed by atoms with E-state index < -0.39 is 0 Å². The number of hydrogen-bond acceptors (Lipinski definition) is 3. The lowest BCUT2D eigenvalue weighted by atomic mass is 10.1. The fraction of sp³-hybridized carbons (Fsp3) is 0.333. The van der Waals surface area contributed by atoms with E-state index >= 15 is 0 Å². The van der Waals surface area contributed by atoms with E-state index in [2.05, 4.69) is 6.07 Å². The van der Waals surface area contributed by atoms with Crippen LogP contribution in [0.1, 0.15) is 21.5 Å². The van der Waals surface area contributed by atoms with Crippen molar-refractivity contribution in [2.45, 2.75) is 13.8 Å². The molecule has 1 saturated heterocycles. The maximum Gasteiger partial charge on any atom is 0.260 e. The van der Waals surface area contributed by atoms with Crippen LogP contribution in [0, 0.1) is 13.8 Å². The summed E-state index contributed by atoms with van der Waals surface area (Å²) in [6, 6.07) is 12.8. The van der Waals surface area contributed by atoms with Gasteiger partial charge in [0.05, 0.1) is 0 Å². The van der Waals surface area contributed by atoms with E-state index in [1.165, 1.54) is 0 Å². The molecule has 5 nitrogen and oxygen atoms in total. The number of hydrogen-bond donors (Lipinski definition) is 0. The summed E-state index contributed by atoms with van der Waals surface area (Å²) in [6.07, 6.45) is 0. The summed E-state index contributed by atoms with van der Waals surface area (Å²) in [5.74, 6) is 0.607. The van der Waals surface area contributed by atoms with Gasteiger partial charge in [0, 0.05) is 36.8 Å². The van der Waals surface area contributed by atoms with Gasteiger partial charge < -0.3 is 14.5 Å².